The average molecular weight is 383 g/mol. The number of ketones is 1. The highest BCUT2D eigenvalue weighted by Crippen LogP contribution is 2.75. The lowest BCUT2D eigenvalue weighted by atomic mass is 9.35. The molecule has 5 aliphatic carbocycles. The third-order valence-electron chi connectivity index (χ3n) is 11.7. The van der Waals surface area contributed by atoms with Gasteiger partial charge in [0.15, 0.2) is 5.78 Å². The highest BCUT2D eigenvalue weighted by atomic mass is 16.1. The number of carbonyl (C=O) groups excluding carboxylic acids is 1. The van der Waals surface area contributed by atoms with Gasteiger partial charge in [-0.2, -0.15) is 0 Å². The first-order valence-electron chi connectivity index (χ1n) is 12.3. The van der Waals surface area contributed by atoms with E-state index < -0.39 is 0 Å². The molecule has 0 N–H and O–H groups in total. The number of hydrogen-bond acceptors (Lipinski definition) is 1. The molecule has 0 saturated heterocycles. The standard InChI is InChI=1S/C27H42O/c1-23(2)12-7-13-25(4)20(23)11-15-27(6)21(25)9-8-18-22-19(28)10-14-24(22,3)16-17-26(18,27)5/h20-21H,7-17H2,1-6H3/t20-,21+,24-,25-,26+,27+/m0/s1. The maximum atomic E-state index is 13.0. The molecule has 1 heteroatoms. The van der Waals surface area contributed by atoms with Gasteiger partial charge in [-0.05, 0) is 96.7 Å². The van der Waals surface area contributed by atoms with Crippen molar-refractivity contribution in [2.75, 3.05) is 0 Å². The number of allylic oxidation sites excluding steroid dienone is 2. The summed E-state index contributed by atoms with van der Waals surface area (Å²) < 4.78 is 0. The van der Waals surface area contributed by atoms with Gasteiger partial charge >= 0.3 is 0 Å². The van der Waals surface area contributed by atoms with Crippen molar-refractivity contribution in [1.29, 1.82) is 0 Å². The van der Waals surface area contributed by atoms with E-state index >= 15 is 0 Å². The molecule has 0 spiro atoms. The van der Waals surface area contributed by atoms with Crippen molar-refractivity contribution in [2.24, 2.45) is 38.9 Å². The van der Waals surface area contributed by atoms with E-state index in [-0.39, 0.29) is 10.8 Å². The quantitative estimate of drug-likeness (QED) is 0.424. The molecule has 0 aromatic rings. The van der Waals surface area contributed by atoms with Crippen LogP contribution in [0.5, 0.6) is 0 Å². The molecule has 0 amide bonds. The van der Waals surface area contributed by atoms with Gasteiger partial charge in [-0.3, -0.25) is 4.79 Å². The van der Waals surface area contributed by atoms with Gasteiger partial charge in [0.2, 0.25) is 0 Å². The first-order valence-corrected chi connectivity index (χ1v) is 12.3. The van der Waals surface area contributed by atoms with Gasteiger partial charge in [-0.15, -0.1) is 0 Å². The third kappa shape index (κ3) is 2.12. The first kappa shape index (κ1) is 19.4. The van der Waals surface area contributed by atoms with Gasteiger partial charge in [0, 0.05) is 12.0 Å². The summed E-state index contributed by atoms with van der Waals surface area (Å²) in [6.07, 6.45) is 14.0. The molecule has 5 rings (SSSR count). The lowest BCUT2D eigenvalue weighted by Gasteiger charge is -2.70. The molecule has 0 unspecified atom stereocenters. The molecular formula is C27H42O. The molecule has 1 nitrogen and oxygen atoms in total. The average Bonchev–Trinajstić information content (AvgIpc) is 2.90. The Morgan fingerprint density at radius 1 is 0.750 bits per heavy atom. The Kier molecular flexibility index (Phi) is 3.84. The molecule has 0 aromatic heterocycles. The van der Waals surface area contributed by atoms with Gasteiger partial charge in [0.05, 0.1) is 0 Å². The predicted molar refractivity (Wildman–Crippen MR) is 116 cm³/mol. The molecule has 0 radical (unpaired) electrons. The van der Waals surface area contributed by atoms with E-state index in [2.05, 4.69) is 41.5 Å². The van der Waals surface area contributed by atoms with Crippen molar-refractivity contribution in [1.82, 2.24) is 0 Å². The minimum absolute atomic E-state index is 0.197. The van der Waals surface area contributed by atoms with Crippen LogP contribution in [0.25, 0.3) is 0 Å². The van der Waals surface area contributed by atoms with Crippen LogP contribution in [0.4, 0.5) is 0 Å². The van der Waals surface area contributed by atoms with Crippen LogP contribution < -0.4 is 0 Å². The molecule has 156 valence electrons. The number of carbonyl (C=O) groups is 1. The zero-order chi connectivity index (χ0) is 20.2. The van der Waals surface area contributed by atoms with Crippen LogP contribution in [0.15, 0.2) is 11.1 Å². The Bertz CT molecular complexity index is 758. The minimum atomic E-state index is 0.197. The summed E-state index contributed by atoms with van der Waals surface area (Å²) in [4.78, 5) is 13.0. The number of fused-ring (bicyclic) bond motifs is 6. The van der Waals surface area contributed by atoms with Crippen LogP contribution in [0.1, 0.15) is 112 Å². The van der Waals surface area contributed by atoms with Crippen molar-refractivity contribution in [3.63, 3.8) is 0 Å². The van der Waals surface area contributed by atoms with E-state index in [0.717, 1.165) is 24.7 Å². The second-order valence-electron chi connectivity index (χ2n) is 13.1. The molecule has 4 fully saturated rings. The number of Topliss-reactive ketones (excluding diaryl/α,β-unsaturated/α-hetero) is 1. The normalized spacial score (nSPS) is 52.6. The SMILES string of the molecule is CC1(C)CCC[C@]2(C)[C@H]3CCC4=C5C(=O)CC[C@@]5(C)CC[C@@]4(C)[C@]3(C)CC[C@@H]12. The highest BCUT2D eigenvalue weighted by Gasteiger charge is 2.66. The van der Waals surface area contributed by atoms with Crippen molar-refractivity contribution in [3.8, 4) is 0 Å². The van der Waals surface area contributed by atoms with Gasteiger partial charge in [-0.25, -0.2) is 0 Å². The Morgan fingerprint density at radius 2 is 1.50 bits per heavy atom. The van der Waals surface area contributed by atoms with Crippen molar-refractivity contribution < 1.29 is 4.79 Å². The molecular weight excluding hydrogens is 340 g/mol. The monoisotopic (exact) mass is 382 g/mol. The van der Waals surface area contributed by atoms with Crippen molar-refractivity contribution >= 4 is 5.78 Å². The summed E-state index contributed by atoms with van der Waals surface area (Å²) in [6.45, 7) is 15.4. The van der Waals surface area contributed by atoms with Gasteiger partial charge < -0.3 is 0 Å². The van der Waals surface area contributed by atoms with E-state index in [4.69, 9.17) is 0 Å². The summed E-state index contributed by atoms with van der Waals surface area (Å²) in [6, 6.07) is 0. The van der Waals surface area contributed by atoms with Crippen LogP contribution >= 0.6 is 0 Å². The Balaban J connectivity index is 1.63. The van der Waals surface area contributed by atoms with Crippen molar-refractivity contribution in [3.05, 3.63) is 11.1 Å². The van der Waals surface area contributed by atoms with Crippen LogP contribution in [0.2, 0.25) is 0 Å². The van der Waals surface area contributed by atoms with Gasteiger partial charge in [-0.1, -0.05) is 53.5 Å². The first-order chi connectivity index (χ1) is 13.0. The third-order valence-corrected chi connectivity index (χ3v) is 11.7. The van der Waals surface area contributed by atoms with Crippen molar-refractivity contribution in [2.45, 2.75) is 112 Å². The fourth-order valence-electron chi connectivity index (χ4n) is 9.99. The zero-order valence-corrected chi connectivity index (χ0v) is 19.3. The fraction of sp³-hybridized carbons (Fsp3) is 0.889. The summed E-state index contributed by atoms with van der Waals surface area (Å²) >= 11 is 0. The molecule has 0 aliphatic heterocycles. The molecule has 4 saturated carbocycles. The maximum absolute atomic E-state index is 13.0. The van der Waals surface area contributed by atoms with E-state index in [1.807, 2.05) is 0 Å². The largest absolute Gasteiger partial charge is 0.295 e. The van der Waals surface area contributed by atoms with Gasteiger partial charge in [0.1, 0.15) is 0 Å². The summed E-state index contributed by atoms with van der Waals surface area (Å²) in [5.74, 6) is 2.21. The lowest BCUT2D eigenvalue weighted by Crippen LogP contribution is -2.62. The zero-order valence-electron chi connectivity index (χ0n) is 19.3. The lowest BCUT2D eigenvalue weighted by molar-refractivity contribution is -0.179. The molecule has 5 aliphatic rings. The second kappa shape index (κ2) is 5.55. The Morgan fingerprint density at radius 3 is 2.25 bits per heavy atom. The summed E-state index contributed by atoms with van der Waals surface area (Å²) in [5.41, 5.74) is 4.76. The minimum Gasteiger partial charge on any atom is -0.295 e. The molecule has 0 heterocycles. The molecule has 28 heavy (non-hydrogen) atoms. The Hall–Kier alpha value is -0.590. The summed E-state index contributed by atoms with van der Waals surface area (Å²) in [7, 11) is 0. The van der Waals surface area contributed by atoms with E-state index in [9.17, 15) is 4.79 Å². The molecule has 0 aromatic carbocycles. The second-order valence-corrected chi connectivity index (χ2v) is 13.1. The molecule has 6 atom stereocenters. The smallest absolute Gasteiger partial charge is 0.159 e. The predicted octanol–water partition coefficient (Wildman–Crippen LogP) is 7.50. The van der Waals surface area contributed by atoms with E-state index in [0.29, 0.717) is 22.0 Å². The maximum Gasteiger partial charge on any atom is 0.159 e. The number of rotatable bonds is 0. The van der Waals surface area contributed by atoms with Crippen LogP contribution in [0.3, 0.4) is 0 Å². The van der Waals surface area contributed by atoms with E-state index in [1.165, 1.54) is 63.4 Å². The summed E-state index contributed by atoms with van der Waals surface area (Å²) in [5, 5.41) is 0. The topological polar surface area (TPSA) is 17.1 Å². The van der Waals surface area contributed by atoms with E-state index in [1.54, 1.807) is 5.57 Å². The number of hydrogen-bond donors (Lipinski definition) is 0. The van der Waals surface area contributed by atoms with Gasteiger partial charge in [0.25, 0.3) is 0 Å². The highest BCUT2D eigenvalue weighted by molar-refractivity contribution is 6.00. The van der Waals surface area contributed by atoms with Crippen LogP contribution in [0, 0.1) is 38.9 Å². The molecule has 0 bridgehead atoms. The van der Waals surface area contributed by atoms with Crippen LogP contribution in [-0.4, -0.2) is 5.78 Å². The Labute approximate surface area is 173 Å². The van der Waals surface area contributed by atoms with Crippen LogP contribution in [-0.2, 0) is 4.79 Å². The fourth-order valence-corrected chi connectivity index (χ4v) is 9.99.